The van der Waals surface area contributed by atoms with Gasteiger partial charge in [0.1, 0.15) is 0 Å². The molecule has 15 heavy (non-hydrogen) atoms. The first-order chi connectivity index (χ1) is 7.17. The average Bonchev–Trinajstić information content (AvgIpc) is 2.52. The highest BCUT2D eigenvalue weighted by atomic mass is 16.5. The molecule has 0 unspecified atom stereocenters. The van der Waals surface area contributed by atoms with Gasteiger partial charge in [-0.15, -0.1) is 0 Å². The molecule has 78 valence electrons. The van der Waals surface area contributed by atoms with E-state index in [1.165, 1.54) is 14.2 Å². The van der Waals surface area contributed by atoms with Gasteiger partial charge in [0.15, 0.2) is 11.5 Å². The number of fused-ring (bicyclic) bond motifs is 1. The van der Waals surface area contributed by atoms with E-state index in [1.54, 1.807) is 12.1 Å². The molecule has 1 aromatic carbocycles. The predicted molar refractivity (Wildman–Crippen MR) is 54.3 cm³/mol. The van der Waals surface area contributed by atoms with Crippen molar-refractivity contribution in [3.63, 3.8) is 0 Å². The lowest BCUT2D eigenvalue weighted by molar-refractivity contribution is 0.355. The summed E-state index contributed by atoms with van der Waals surface area (Å²) in [4.78, 5) is 0. The van der Waals surface area contributed by atoms with Crippen molar-refractivity contribution in [2.24, 2.45) is 0 Å². The summed E-state index contributed by atoms with van der Waals surface area (Å²) in [6.45, 7) is 0. The number of hydrogen-bond donors (Lipinski definition) is 2. The summed E-state index contributed by atoms with van der Waals surface area (Å²) in [5.41, 5.74) is 1.11. The average molecular weight is 206 g/mol. The summed E-state index contributed by atoms with van der Waals surface area (Å²) in [5, 5.41) is 15.0. The number of nitrogens with one attached hydrogen (secondary N) is 2. The van der Waals surface area contributed by atoms with Crippen molar-refractivity contribution in [1.82, 2.24) is 0 Å². The van der Waals surface area contributed by atoms with Gasteiger partial charge in [-0.05, 0) is 12.1 Å². The second kappa shape index (κ2) is 3.27. The Labute approximate surface area is 86.6 Å². The van der Waals surface area contributed by atoms with Crippen LogP contribution in [0.1, 0.15) is 11.1 Å². The van der Waals surface area contributed by atoms with E-state index >= 15 is 0 Å². The van der Waals surface area contributed by atoms with Crippen molar-refractivity contribution in [3.05, 3.63) is 23.3 Å². The summed E-state index contributed by atoms with van der Waals surface area (Å²) < 4.78 is 15.1. The zero-order valence-electron chi connectivity index (χ0n) is 8.38. The van der Waals surface area contributed by atoms with Crippen LogP contribution in [0.3, 0.4) is 0 Å². The van der Waals surface area contributed by atoms with E-state index in [1.807, 2.05) is 0 Å². The molecule has 0 saturated carbocycles. The molecule has 0 aliphatic carbocycles. The minimum atomic E-state index is -0.0315. The first-order valence-corrected chi connectivity index (χ1v) is 4.29. The zero-order chi connectivity index (χ0) is 11.0. The van der Waals surface area contributed by atoms with Gasteiger partial charge < -0.3 is 14.2 Å². The van der Waals surface area contributed by atoms with Crippen LogP contribution < -0.4 is 9.47 Å². The van der Waals surface area contributed by atoms with E-state index in [2.05, 4.69) is 0 Å². The van der Waals surface area contributed by atoms with E-state index < -0.39 is 0 Å². The second-order valence-corrected chi connectivity index (χ2v) is 3.01. The Bertz CT molecular complexity index is 413. The summed E-state index contributed by atoms with van der Waals surface area (Å²) in [5.74, 6) is 0.991. The normalized spacial score (nSPS) is 13.5. The molecule has 2 rings (SSSR count). The van der Waals surface area contributed by atoms with Gasteiger partial charge in [-0.2, -0.15) is 0 Å². The number of benzene rings is 1. The minimum Gasteiger partial charge on any atom is -0.493 e. The van der Waals surface area contributed by atoms with E-state index in [0.29, 0.717) is 22.6 Å². The van der Waals surface area contributed by atoms with E-state index in [9.17, 15) is 0 Å². The summed E-state index contributed by atoms with van der Waals surface area (Å²) >= 11 is 0. The van der Waals surface area contributed by atoms with Crippen LogP contribution in [0.5, 0.6) is 11.5 Å². The Morgan fingerprint density at radius 2 is 1.33 bits per heavy atom. The van der Waals surface area contributed by atoms with Crippen molar-refractivity contribution in [2.45, 2.75) is 0 Å². The molecule has 0 saturated heterocycles. The smallest absolute Gasteiger partial charge is 0.222 e. The van der Waals surface area contributed by atoms with Crippen molar-refractivity contribution < 1.29 is 14.2 Å². The maximum absolute atomic E-state index is 7.50. The van der Waals surface area contributed by atoms with Crippen molar-refractivity contribution in [3.8, 4) is 11.5 Å². The van der Waals surface area contributed by atoms with Crippen LogP contribution in [0.15, 0.2) is 12.1 Å². The number of rotatable bonds is 2. The molecule has 0 bridgehead atoms. The van der Waals surface area contributed by atoms with Crippen LogP contribution in [-0.4, -0.2) is 26.0 Å². The van der Waals surface area contributed by atoms with Crippen molar-refractivity contribution >= 4 is 11.8 Å². The number of ether oxygens (including phenoxy) is 3. The lowest BCUT2D eigenvalue weighted by Gasteiger charge is -2.08. The van der Waals surface area contributed by atoms with Gasteiger partial charge in [0, 0.05) is 0 Å². The van der Waals surface area contributed by atoms with E-state index in [4.69, 9.17) is 25.0 Å². The first-order valence-electron chi connectivity index (χ1n) is 4.29. The van der Waals surface area contributed by atoms with Crippen LogP contribution in [0.2, 0.25) is 0 Å². The minimum absolute atomic E-state index is 0.0315. The summed E-state index contributed by atoms with van der Waals surface area (Å²) in [6.07, 6.45) is 0. The molecule has 1 heterocycles. The van der Waals surface area contributed by atoms with Gasteiger partial charge in [0.25, 0.3) is 0 Å². The lowest BCUT2D eigenvalue weighted by atomic mass is 10.1. The molecular formula is C10H10N2O3. The van der Waals surface area contributed by atoms with Crippen LogP contribution in [0.4, 0.5) is 0 Å². The Kier molecular flexibility index (Phi) is 2.07. The highest BCUT2D eigenvalue weighted by Crippen LogP contribution is 2.33. The molecule has 0 amide bonds. The third-order valence-corrected chi connectivity index (χ3v) is 2.22. The van der Waals surface area contributed by atoms with Gasteiger partial charge in [-0.1, -0.05) is 0 Å². The molecule has 1 aliphatic rings. The molecular weight excluding hydrogens is 196 g/mol. The Hall–Kier alpha value is -2.04. The molecule has 2 N–H and O–H groups in total. The van der Waals surface area contributed by atoms with Crippen molar-refractivity contribution in [1.29, 1.82) is 10.8 Å². The molecule has 1 aliphatic heterocycles. The first kappa shape index (κ1) is 9.51. The van der Waals surface area contributed by atoms with E-state index in [0.717, 1.165) is 0 Å². The molecule has 0 atom stereocenters. The lowest BCUT2D eigenvalue weighted by Crippen LogP contribution is -1.97. The standard InChI is InChI=1S/C10H10N2O3/c1-13-7-3-5-6(4-8(7)14-2)10(12)15-9(5)11/h3-4,11-12H,1-2H3. The predicted octanol–water partition coefficient (Wildman–Crippen LogP) is 1.38. The SMILES string of the molecule is COc1cc2c(cc1OC)C(=N)OC2=N. The van der Waals surface area contributed by atoms with Gasteiger partial charge in [0.2, 0.25) is 11.8 Å². The topological polar surface area (TPSA) is 75.4 Å². The molecule has 0 spiro atoms. The maximum atomic E-state index is 7.50. The maximum Gasteiger partial charge on any atom is 0.222 e. The Balaban J connectivity index is 2.63. The van der Waals surface area contributed by atoms with Gasteiger partial charge in [0.05, 0.1) is 25.3 Å². The quantitative estimate of drug-likeness (QED) is 0.767. The molecule has 1 aromatic rings. The summed E-state index contributed by atoms with van der Waals surface area (Å²) in [7, 11) is 3.05. The largest absolute Gasteiger partial charge is 0.493 e. The van der Waals surface area contributed by atoms with Gasteiger partial charge in [-0.3, -0.25) is 10.8 Å². The molecule has 5 heteroatoms. The van der Waals surface area contributed by atoms with Crippen LogP contribution in [-0.2, 0) is 4.74 Å². The third-order valence-electron chi connectivity index (χ3n) is 2.22. The third kappa shape index (κ3) is 1.32. The molecule has 0 fully saturated rings. The van der Waals surface area contributed by atoms with E-state index in [-0.39, 0.29) is 11.8 Å². The zero-order valence-corrected chi connectivity index (χ0v) is 8.38. The van der Waals surface area contributed by atoms with Crippen LogP contribution >= 0.6 is 0 Å². The van der Waals surface area contributed by atoms with Gasteiger partial charge in [-0.25, -0.2) is 0 Å². The van der Waals surface area contributed by atoms with Crippen LogP contribution in [0.25, 0.3) is 0 Å². The fraction of sp³-hybridized carbons (Fsp3) is 0.200. The number of methoxy groups -OCH3 is 2. The van der Waals surface area contributed by atoms with Crippen molar-refractivity contribution in [2.75, 3.05) is 14.2 Å². The second-order valence-electron chi connectivity index (χ2n) is 3.01. The highest BCUT2D eigenvalue weighted by Gasteiger charge is 2.26. The fourth-order valence-corrected chi connectivity index (χ4v) is 1.47. The monoisotopic (exact) mass is 206 g/mol. The highest BCUT2D eigenvalue weighted by molar-refractivity contribution is 6.17. The molecule has 0 radical (unpaired) electrons. The Morgan fingerprint density at radius 1 is 0.933 bits per heavy atom. The Morgan fingerprint density at radius 3 is 1.67 bits per heavy atom. The molecule has 0 aromatic heterocycles. The number of hydrogen-bond acceptors (Lipinski definition) is 5. The summed E-state index contributed by atoms with van der Waals surface area (Å²) in [6, 6.07) is 3.27. The molecule has 5 nitrogen and oxygen atoms in total. The van der Waals surface area contributed by atoms with Gasteiger partial charge >= 0.3 is 0 Å². The fourth-order valence-electron chi connectivity index (χ4n) is 1.47. The van der Waals surface area contributed by atoms with Crippen LogP contribution in [0, 0.1) is 10.8 Å².